The van der Waals surface area contributed by atoms with E-state index < -0.39 is 10.8 Å². The molecule has 0 N–H and O–H groups in total. The Morgan fingerprint density at radius 2 is 0.950 bits per heavy atom. The van der Waals surface area contributed by atoms with E-state index in [0.717, 1.165) is 4.48 Å². The van der Waals surface area contributed by atoms with Crippen LogP contribution in [-0.4, -0.2) is 32.2 Å². The number of rotatable bonds is 11. The smallest absolute Gasteiger partial charge is 0.0780 e. The van der Waals surface area contributed by atoms with Crippen molar-refractivity contribution in [2.24, 2.45) is 0 Å². The summed E-state index contributed by atoms with van der Waals surface area (Å²) in [5, 5.41) is 0. The van der Waals surface area contributed by atoms with Crippen molar-refractivity contribution in [3.63, 3.8) is 0 Å². The zero-order valence-corrected chi connectivity index (χ0v) is 14.6. The van der Waals surface area contributed by atoms with E-state index in [9.17, 15) is 0 Å². The molecule has 0 fully saturated rings. The minimum Gasteiger partial charge on any atom is -0.357 e. The third-order valence-corrected chi connectivity index (χ3v) is 3.18. The standard InChI is InChI=1S/C15H34N.ClO3/c1-5-6-7-8-9-10-11-12-13-14-15-16(2,3)4;2-1(3)4/h5-15H2,1-4H3;/q+1;-1. The highest BCUT2D eigenvalue weighted by Crippen LogP contribution is 2.10. The van der Waals surface area contributed by atoms with Crippen molar-refractivity contribution in [1.29, 1.82) is 0 Å². The molecule has 5 heteroatoms. The largest absolute Gasteiger partial charge is 0.357 e. The van der Waals surface area contributed by atoms with Crippen LogP contribution in [0.3, 0.4) is 0 Å². The second-order valence-corrected chi connectivity index (χ2v) is 6.76. The molecule has 0 rings (SSSR count). The van der Waals surface area contributed by atoms with Crippen LogP contribution in [0.1, 0.15) is 71.1 Å². The summed E-state index contributed by atoms with van der Waals surface area (Å²) >= 11 is 0. The van der Waals surface area contributed by atoms with Gasteiger partial charge in [-0.3, -0.25) is 0 Å². The Balaban J connectivity index is 0. The van der Waals surface area contributed by atoms with Crippen LogP contribution in [0.15, 0.2) is 0 Å². The fourth-order valence-electron chi connectivity index (χ4n) is 2.07. The second-order valence-electron chi connectivity index (χ2n) is 6.38. The Labute approximate surface area is 128 Å². The molecule has 0 bridgehead atoms. The number of hydrogen-bond acceptors (Lipinski definition) is 3. The molecule has 0 aliphatic rings. The van der Waals surface area contributed by atoms with Crippen molar-refractivity contribution in [1.82, 2.24) is 0 Å². The Hall–Kier alpha value is 0.130. The molecule has 0 saturated heterocycles. The van der Waals surface area contributed by atoms with E-state index in [1.165, 1.54) is 70.8 Å². The minimum atomic E-state index is -2.85. The van der Waals surface area contributed by atoms with Gasteiger partial charge in [0, 0.05) is 0 Å². The number of unbranched alkanes of at least 4 members (excludes halogenated alkanes) is 9. The van der Waals surface area contributed by atoms with Crippen LogP contribution in [-0.2, 0) is 0 Å². The zero-order chi connectivity index (χ0) is 15.9. The molecule has 124 valence electrons. The van der Waals surface area contributed by atoms with Crippen LogP contribution in [0.4, 0.5) is 0 Å². The van der Waals surface area contributed by atoms with Crippen LogP contribution in [0.25, 0.3) is 0 Å². The molecule has 0 spiro atoms. The van der Waals surface area contributed by atoms with Gasteiger partial charge in [-0.1, -0.05) is 58.3 Å². The Morgan fingerprint density at radius 3 is 1.25 bits per heavy atom. The highest BCUT2D eigenvalue weighted by atomic mass is 35.6. The fourth-order valence-corrected chi connectivity index (χ4v) is 2.07. The van der Waals surface area contributed by atoms with Crippen molar-refractivity contribution < 1.29 is 29.2 Å². The number of quaternary nitrogens is 1. The molecule has 0 amide bonds. The summed E-state index contributed by atoms with van der Waals surface area (Å²) in [5.41, 5.74) is 0. The lowest BCUT2D eigenvalue weighted by Gasteiger charge is -2.23. The third-order valence-electron chi connectivity index (χ3n) is 3.18. The van der Waals surface area contributed by atoms with E-state index in [-0.39, 0.29) is 0 Å². The van der Waals surface area contributed by atoms with Crippen LogP contribution < -0.4 is 14.0 Å². The van der Waals surface area contributed by atoms with E-state index in [0.29, 0.717) is 0 Å². The van der Waals surface area contributed by atoms with Gasteiger partial charge in [0.25, 0.3) is 0 Å². The first-order valence-corrected chi connectivity index (χ1v) is 8.75. The Bertz CT molecular complexity index is 182. The van der Waals surface area contributed by atoms with Crippen molar-refractivity contribution >= 4 is 0 Å². The highest BCUT2D eigenvalue weighted by Gasteiger charge is 2.04. The lowest BCUT2D eigenvalue weighted by Crippen LogP contribution is -2.42. The van der Waals surface area contributed by atoms with Crippen molar-refractivity contribution in [2.75, 3.05) is 27.7 Å². The highest BCUT2D eigenvalue weighted by molar-refractivity contribution is 4.47. The zero-order valence-electron chi connectivity index (χ0n) is 13.8. The SMILES string of the molecule is CCCCCCCCCCCC[N+](C)(C)C.[O-][Cl+2]([O-])[O-]. The number of halogens is 1. The van der Waals surface area contributed by atoms with E-state index in [1.807, 2.05) is 0 Å². The van der Waals surface area contributed by atoms with Crippen LogP contribution in [0.2, 0.25) is 0 Å². The van der Waals surface area contributed by atoms with Gasteiger partial charge in [-0.25, -0.2) is 0 Å². The van der Waals surface area contributed by atoms with Gasteiger partial charge in [0.2, 0.25) is 0 Å². The molecule has 0 aromatic rings. The lowest BCUT2D eigenvalue weighted by atomic mass is 10.1. The molecule has 0 atom stereocenters. The predicted molar refractivity (Wildman–Crippen MR) is 74.7 cm³/mol. The molecule has 0 saturated carbocycles. The maximum Gasteiger partial charge on any atom is 0.0780 e. The Kier molecular flexibility index (Phi) is 17.4. The number of nitrogens with zero attached hydrogens (tertiary/aromatic N) is 1. The molecule has 0 aromatic carbocycles. The first-order chi connectivity index (χ1) is 9.29. The van der Waals surface area contributed by atoms with Gasteiger partial charge in [0.15, 0.2) is 0 Å². The third kappa shape index (κ3) is 30.9. The average molecular weight is 312 g/mol. The van der Waals surface area contributed by atoms with Gasteiger partial charge in [0.05, 0.1) is 38.5 Å². The summed E-state index contributed by atoms with van der Waals surface area (Å²) in [6.07, 6.45) is 14.4. The summed E-state index contributed by atoms with van der Waals surface area (Å²) in [5.74, 6) is 0. The summed E-state index contributed by atoms with van der Waals surface area (Å²) in [6, 6.07) is 0. The molecule has 0 heterocycles. The first kappa shape index (κ1) is 22.4. The van der Waals surface area contributed by atoms with Crippen LogP contribution in [0.5, 0.6) is 0 Å². The van der Waals surface area contributed by atoms with E-state index in [2.05, 4.69) is 28.1 Å². The molecule has 0 unspecified atom stereocenters. The summed E-state index contributed by atoms with van der Waals surface area (Å²) in [4.78, 5) is 0. The maximum absolute atomic E-state index is 8.41. The van der Waals surface area contributed by atoms with E-state index in [4.69, 9.17) is 14.0 Å². The predicted octanol–water partition coefficient (Wildman–Crippen LogP) is 1.05. The average Bonchev–Trinajstić information content (AvgIpc) is 2.29. The van der Waals surface area contributed by atoms with Crippen molar-refractivity contribution in [3.8, 4) is 0 Å². The van der Waals surface area contributed by atoms with Crippen LogP contribution >= 0.6 is 0 Å². The summed E-state index contributed by atoms with van der Waals surface area (Å²) in [7, 11) is 4.00. The van der Waals surface area contributed by atoms with Gasteiger partial charge in [-0.15, -0.1) is 0 Å². The summed E-state index contributed by atoms with van der Waals surface area (Å²) < 4.78 is 26.3. The maximum atomic E-state index is 8.41. The molecule has 0 aromatic heterocycles. The topological polar surface area (TPSA) is 69.2 Å². The normalized spacial score (nSPS) is 11.4. The molecular weight excluding hydrogens is 278 g/mol. The number of hydrogen-bond donors (Lipinski definition) is 0. The summed E-state index contributed by atoms with van der Waals surface area (Å²) in [6.45, 7) is 3.62. The minimum absolute atomic E-state index is 1.12. The fraction of sp³-hybridized carbons (Fsp3) is 1.00. The van der Waals surface area contributed by atoms with Gasteiger partial charge < -0.3 is 18.5 Å². The molecule has 0 radical (unpaired) electrons. The van der Waals surface area contributed by atoms with Gasteiger partial charge in [-0.2, -0.15) is 0 Å². The van der Waals surface area contributed by atoms with E-state index >= 15 is 0 Å². The van der Waals surface area contributed by atoms with Gasteiger partial charge in [-0.05, 0) is 12.8 Å². The van der Waals surface area contributed by atoms with Gasteiger partial charge in [0.1, 0.15) is 0 Å². The molecule has 0 aliphatic carbocycles. The quantitative estimate of drug-likeness (QED) is 0.423. The molecular formula is C15H34ClNO3. The lowest BCUT2D eigenvalue weighted by molar-refractivity contribution is -1.73. The first-order valence-electron chi connectivity index (χ1n) is 7.83. The molecule has 0 aliphatic heterocycles. The second kappa shape index (κ2) is 15.5. The monoisotopic (exact) mass is 311 g/mol. The van der Waals surface area contributed by atoms with Crippen molar-refractivity contribution in [3.05, 3.63) is 0 Å². The molecule has 4 nitrogen and oxygen atoms in total. The van der Waals surface area contributed by atoms with E-state index in [1.54, 1.807) is 0 Å². The van der Waals surface area contributed by atoms with Gasteiger partial charge >= 0.3 is 0 Å². The molecule has 20 heavy (non-hydrogen) atoms. The van der Waals surface area contributed by atoms with Crippen LogP contribution in [0, 0.1) is 10.8 Å². The van der Waals surface area contributed by atoms with Crippen molar-refractivity contribution in [2.45, 2.75) is 71.1 Å². The Morgan fingerprint density at radius 1 is 0.650 bits per heavy atom.